The molecule has 0 aliphatic carbocycles. The number of hydrazone groups is 1. The van der Waals surface area contributed by atoms with Gasteiger partial charge in [-0.1, -0.05) is 11.6 Å². The summed E-state index contributed by atoms with van der Waals surface area (Å²) >= 11 is 6.07. The maximum Gasteiger partial charge on any atom is 0.280 e. The molecule has 25 heavy (non-hydrogen) atoms. The summed E-state index contributed by atoms with van der Waals surface area (Å²) in [6, 6.07) is 8.72. The zero-order valence-electron chi connectivity index (χ0n) is 13.2. The highest BCUT2D eigenvalue weighted by Crippen LogP contribution is 2.39. The Hall–Kier alpha value is -2.80. The molecule has 1 amide bonds. The van der Waals surface area contributed by atoms with E-state index in [1.807, 2.05) is 0 Å². The molecule has 1 N–H and O–H groups in total. The Morgan fingerprint density at radius 1 is 1.36 bits per heavy atom. The number of rotatable bonds is 5. The Balaban J connectivity index is 1.57. The summed E-state index contributed by atoms with van der Waals surface area (Å²) in [5, 5.41) is 4.26. The second-order valence-electron chi connectivity index (χ2n) is 5.18. The highest BCUT2D eigenvalue weighted by molar-refractivity contribution is 6.32. The second-order valence-corrected chi connectivity index (χ2v) is 5.59. The van der Waals surface area contributed by atoms with Crippen LogP contribution in [0.25, 0.3) is 0 Å². The topological polar surface area (TPSA) is 69.2 Å². The standard InChI is InChI=1S/C17H14ClFN2O4/c1-10(25-13-4-2-12(19)3-5-13)17(22)21-20-8-11-6-14(18)16-15(7-11)23-9-24-16/h2-8,10H,9H2,1H3,(H,21,22)/b20-8-/t10-/m1/s1. The van der Waals surface area contributed by atoms with Gasteiger partial charge >= 0.3 is 0 Å². The summed E-state index contributed by atoms with van der Waals surface area (Å²) in [5.74, 6) is 0.567. The molecule has 0 saturated heterocycles. The number of hydrogen-bond acceptors (Lipinski definition) is 5. The van der Waals surface area contributed by atoms with E-state index in [1.165, 1.54) is 30.5 Å². The molecule has 2 aromatic carbocycles. The average Bonchev–Trinajstić information content (AvgIpc) is 3.06. The largest absolute Gasteiger partial charge is 0.481 e. The number of halogens is 2. The summed E-state index contributed by atoms with van der Waals surface area (Å²) in [7, 11) is 0. The predicted molar refractivity (Wildman–Crippen MR) is 89.8 cm³/mol. The van der Waals surface area contributed by atoms with Crippen LogP contribution in [0.1, 0.15) is 12.5 Å². The molecule has 2 aromatic rings. The Morgan fingerprint density at radius 2 is 2.12 bits per heavy atom. The average molecular weight is 365 g/mol. The maximum absolute atomic E-state index is 12.8. The van der Waals surface area contributed by atoms with Gasteiger partial charge in [-0.3, -0.25) is 4.79 Å². The SMILES string of the molecule is C[C@@H](Oc1ccc(F)cc1)C(=O)N/N=C\c1cc(Cl)c2c(c1)OCO2. The van der Waals surface area contributed by atoms with Crippen LogP contribution >= 0.6 is 11.6 Å². The molecule has 1 heterocycles. The zero-order chi connectivity index (χ0) is 17.8. The molecule has 0 spiro atoms. The third-order valence-corrected chi connectivity index (χ3v) is 3.61. The van der Waals surface area contributed by atoms with Crippen LogP contribution in [0.5, 0.6) is 17.2 Å². The highest BCUT2D eigenvalue weighted by Gasteiger charge is 2.18. The third-order valence-electron chi connectivity index (χ3n) is 3.33. The lowest BCUT2D eigenvalue weighted by molar-refractivity contribution is -0.127. The first kappa shape index (κ1) is 17.0. The molecule has 1 atom stereocenters. The van der Waals surface area contributed by atoms with E-state index in [0.29, 0.717) is 27.8 Å². The van der Waals surface area contributed by atoms with Gasteiger partial charge in [0.05, 0.1) is 11.2 Å². The number of carbonyl (C=O) groups excluding carboxylic acids is 1. The van der Waals surface area contributed by atoms with Crippen molar-refractivity contribution in [3.05, 3.63) is 52.8 Å². The molecule has 6 nitrogen and oxygen atoms in total. The lowest BCUT2D eigenvalue weighted by atomic mass is 10.2. The van der Waals surface area contributed by atoms with E-state index in [-0.39, 0.29) is 12.6 Å². The van der Waals surface area contributed by atoms with Gasteiger partial charge in [-0.25, -0.2) is 9.82 Å². The molecule has 3 rings (SSSR count). The van der Waals surface area contributed by atoms with Gasteiger partial charge in [-0.15, -0.1) is 0 Å². The number of benzene rings is 2. The molecule has 0 saturated carbocycles. The molecule has 1 aliphatic heterocycles. The fourth-order valence-electron chi connectivity index (χ4n) is 2.09. The van der Waals surface area contributed by atoms with E-state index in [1.54, 1.807) is 19.1 Å². The second kappa shape index (κ2) is 7.40. The molecule has 0 fully saturated rings. The molecular formula is C17H14ClFN2O4. The van der Waals surface area contributed by atoms with Gasteiger partial charge in [0.1, 0.15) is 11.6 Å². The van der Waals surface area contributed by atoms with E-state index in [2.05, 4.69) is 10.5 Å². The number of carbonyl (C=O) groups is 1. The molecule has 130 valence electrons. The van der Waals surface area contributed by atoms with Crippen LogP contribution in [-0.4, -0.2) is 25.0 Å². The number of ether oxygens (including phenoxy) is 3. The van der Waals surface area contributed by atoms with Gasteiger partial charge in [0.15, 0.2) is 17.6 Å². The molecule has 8 heteroatoms. The lowest BCUT2D eigenvalue weighted by Gasteiger charge is -2.12. The highest BCUT2D eigenvalue weighted by atomic mass is 35.5. The number of fused-ring (bicyclic) bond motifs is 1. The van der Waals surface area contributed by atoms with Crippen molar-refractivity contribution in [2.45, 2.75) is 13.0 Å². The van der Waals surface area contributed by atoms with E-state index < -0.39 is 12.0 Å². The summed E-state index contributed by atoms with van der Waals surface area (Å²) in [5.41, 5.74) is 3.01. The lowest BCUT2D eigenvalue weighted by Crippen LogP contribution is -2.33. The molecule has 0 unspecified atom stereocenters. The number of amides is 1. The van der Waals surface area contributed by atoms with Crippen LogP contribution < -0.4 is 19.6 Å². The Morgan fingerprint density at radius 3 is 2.88 bits per heavy atom. The normalized spacial score (nSPS) is 13.7. The molecule has 0 aromatic heterocycles. The van der Waals surface area contributed by atoms with Crippen LogP contribution in [0.15, 0.2) is 41.5 Å². The zero-order valence-corrected chi connectivity index (χ0v) is 13.9. The fourth-order valence-corrected chi connectivity index (χ4v) is 2.37. The minimum Gasteiger partial charge on any atom is -0.481 e. The van der Waals surface area contributed by atoms with Gasteiger partial charge in [-0.05, 0) is 48.9 Å². The number of nitrogens with zero attached hydrogens (tertiary/aromatic N) is 1. The van der Waals surface area contributed by atoms with Crippen LogP contribution in [0.2, 0.25) is 5.02 Å². The van der Waals surface area contributed by atoms with Crippen LogP contribution in [0, 0.1) is 5.82 Å². The third kappa shape index (κ3) is 4.19. The molecule has 0 radical (unpaired) electrons. The number of nitrogens with one attached hydrogen (secondary N) is 1. The van der Waals surface area contributed by atoms with E-state index in [9.17, 15) is 9.18 Å². The van der Waals surface area contributed by atoms with Crippen molar-refractivity contribution in [3.63, 3.8) is 0 Å². The predicted octanol–water partition coefficient (Wildman–Crippen LogP) is 3.13. The summed E-state index contributed by atoms with van der Waals surface area (Å²) in [6.07, 6.45) is 0.624. The fraction of sp³-hybridized carbons (Fsp3) is 0.176. The Kier molecular flexibility index (Phi) is 5.04. The monoisotopic (exact) mass is 364 g/mol. The van der Waals surface area contributed by atoms with Crippen LogP contribution in [0.3, 0.4) is 0 Å². The Bertz CT molecular complexity index is 811. The van der Waals surface area contributed by atoms with Gasteiger partial charge in [0.25, 0.3) is 5.91 Å². The smallest absolute Gasteiger partial charge is 0.280 e. The van der Waals surface area contributed by atoms with Crippen molar-refractivity contribution < 1.29 is 23.4 Å². The van der Waals surface area contributed by atoms with Gasteiger partial charge in [0.2, 0.25) is 6.79 Å². The van der Waals surface area contributed by atoms with Crippen LogP contribution in [-0.2, 0) is 4.79 Å². The van der Waals surface area contributed by atoms with Gasteiger partial charge in [-0.2, -0.15) is 5.10 Å². The summed E-state index contributed by atoms with van der Waals surface area (Å²) in [4.78, 5) is 12.0. The minimum atomic E-state index is -0.803. The first-order valence-electron chi connectivity index (χ1n) is 7.37. The molecular weight excluding hydrogens is 351 g/mol. The van der Waals surface area contributed by atoms with Crippen molar-refractivity contribution in [1.29, 1.82) is 0 Å². The quantitative estimate of drug-likeness (QED) is 0.653. The van der Waals surface area contributed by atoms with Crippen molar-refractivity contribution in [2.24, 2.45) is 5.10 Å². The van der Waals surface area contributed by atoms with Crippen molar-refractivity contribution >= 4 is 23.7 Å². The van der Waals surface area contributed by atoms with Crippen molar-refractivity contribution in [1.82, 2.24) is 5.43 Å². The number of hydrogen-bond donors (Lipinski definition) is 1. The summed E-state index contributed by atoms with van der Waals surface area (Å²) in [6.45, 7) is 1.68. The van der Waals surface area contributed by atoms with E-state index >= 15 is 0 Å². The molecule has 0 bridgehead atoms. The van der Waals surface area contributed by atoms with Crippen molar-refractivity contribution in [3.8, 4) is 17.2 Å². The Labute approximate surface area is 148 Å². The first-order chi connectivity index (χ1) is 12.0. The van der Waals surface area contributed by atoms with Crippen molar-refractivity contribution in [2.75, 3.05) is 6.79 Å². The summed E-state index contributed by atoms with van der Waals surface area (Å²) < 4.78 is 28.7. The minimum absolute atomic E-state index is 0.116. The molecule has 1 aliphatic rings. The van der Waals surface area contributed by atoms with Gasteiger partial charge in [0, 0.05) is 0 Å². The van der Waals surface area contributed by atoms with Gasteiger partial charge < -0.3 is 14.2 Å². The van der Waals surface area contributed by atoms with Crippen LogP contribution in [0.4, 0.5) is 4.39 Å². The first-order valence-corrected chi connectivity index (χ1v) is 7.75. The van der Waals surface area contributed by atoms with E-state index in [0.717, 1.165) is 0 Å². The van der Waals surface area contributed by atoms with E-state index in [4.69, 9.17) is 25.8 Å². The maximum atomic E-state index is 12.8.